The van der Waals surface area contributed by atoms with E-state index in [2.05, 4.69) is 20.5 Å². The van der Waals surface area contributed by atoms with E-state index in [-0.39, 0.29) is 30.0 Å². The van der Waals surface area contributed by atoms with Crippen molar-refractivity contribution in [3.63, 3.8) is 0 Å². The van der Waals surface area contributed by atoms with Crippen LogP contribution in [0.5, 0.6) is 11.5 Å². The predicted octanol–water partition coefficient (Wildman–Crippen LogP) is 2.45. The summed E-state index contributed by atoms with van der Waals surface area (Å²) in [4.78, 5) is 27.2. The van der Waals surface area contributed by atoms with Crippen LogP contribution in [0.4, 0.5) is 0 Å². The number of nitrogens with zero attached hydrogens (tertiary/aromatic N) is 2. The van der Waals surface area contributed by atoms with Gasteiger partial charge in [0.05, 0.1) is 14.2 Å². The highest BCUT2D eigenvalue weighted by Gasteiger charge is 2.10. The van der Waals surface area contributed by atoms with E-state index in [1.807, 2.05) is 49.4 Å². The van der Waals surface area contributed by atoms with Crippen LogP contribution in [-0.4, -0.2) is 41.9 Å². The number of aromatic amines is 1. The summed E-state index contributed by atoms with van der Waals surface area (Å²) >= 11 is 0. The first-order chi connectivity index (χ1) is 15.0. The van der Waals surface area contributed by atoms with Gasteiger partial charge in [-0.05, 0) is 37.1 Å². The molecule has 0 saturated carbocycles. The molecule has 0 aliphatic carbocycles. The van der Waals surface area contributed by atoms with Crippen molar-refractivity contribution in [2.24, 2.45) is 0 Å². The van der Waals surface area contributed by atoms with E-state index >= 15 is 0 Å². The third-order valence-corrected chi connectivity index (χ3v) is 4.83. The molecule has 162 valence electrons. The van der Waals surface area contributed by atoms with Crippen LogP contribution in [-0.2, 0) is 17.6 Å². The van der Waals surface area contributed by atoms with E-state index in [4.69, 9.17) is 9.47 Å². The summed E-state index contributed by atoms with van der Waals surface area (Å²) in [6, 6.07) is 13.3. The molecular weight excluding hydrogens is 396 g/mol. The molecule has 0 unspecified atom stereocenters. The van der Waals surface area contributed by atoms with Crippen molar-refractivity contribution in [3.05, 3.63) is 69.6 Å². The highest BCUT2D eigenvalue weighted by atomic mass is 16.5. The van der Waals surface area contributed by atoms with Crippen LogP contribution in [0.15, 0.2) is 47.3 Å². The van der Waals surface area contributed by atoms with Crippen LogP contribution >= 0.6 is 0 Å². The maximum atomic E-state index is 12.3. The first kappa shape index (κ1) is 22.0. The van der Waals surface area contributed by atoms with Crippen LogP contribution in [0.25, 0.3) is 11.4 Å². The number of H-pyrrole nitrogens is 1. The Balaban J connectivity index is 1.50. The number of ether oxygens (including phenoxy) is 2. The van der Waals surface area contributed by atoms with Gasteiger partial charge in [0.25, 0.3) is 5.56 Å². The third kappa shape index (κ3) is 5.91. The molecule has 31 heavy (non-hydrogen) atoms. The first-order valence-corrected chi connectivity index (χ1v) is 10.0. The summed E-state index contributed by atoms with van der Waals surface area (Å²) in [7, 11) is 3.17. The zero-order valence-electron chi connectivity index (χ0n) is 17.9. The van der Waals surface area contributed by atoms with E-state index in [0.29, 0.717) is 30.3 Å². The number of carbonyl (C=O) groups is 1. The molecule has 0 bridgehead atoms. The summed E-state index contributed by atoms with van der Waals surface area (Å²) in [6.07, 6.45) is 1.03. The van der Waals surface area contributed by atoms with Gasteiger partial charge < -0.3 is 19.8 Å². The highest BCUT2D eigenvalue weighted by Crippen LogP contribution is 2.27. The molecule has 3 aromatic rings. The average Bonchev–Trinajstić information content (AvgIpc) is 2.78. The lowest BCUT2D eigenvalue weighted by atomic mass is 10.1. The highest BCUT2D eigenvalue weighted by molar-refractivity contribution is 5.76. The molecule has 2 aromatic carbocycles. The third-order valence-electron chi connectivity index (χ3n) is 4.83. The molecule has 8 nitrogen and oxygen atoms in total. The van der Waals surface area contributed by atoms with Crippen molar-refractivity contribution < 1.29 is 14.3 Å². The van der Waals surface area contributed by atoms with Gasteiger partial charge in [-0.25, -0.2) is 0 Å². The lowest BCUT2D eigenvalue weighted by molar-refractivity contribution is -0.121. The van der Waals surface area contributed by atoms with Crippen molar-refractivity contribution >= 4 is 5.91 Å². The Morgan fingerprint density at radius 3 is 2.55 bits per heavy atom. The number of hydrogen-bond donors (Lipinski definition) is 2. The number of amides is 1. The smallest absolute Gasteiger partial charge is 0.273 e. The predicted molar refractivity (Wildman–Crippen MR) is 117 cm³/mol. The number of methoxy groups -OCH3 is 2. The second kappa shape index (κ2) is 10.4. The molecule has 3 rings (SSSR count). The Kier molecular flexibility index (Phi) is 7.37. The van der Waals surface area contributed by atoms with E-state index in [1.165, 1.54) is 0 Å². The maximum absolute atomic E-state index is 12.3. The monoisotopic (exact) mass is 422 g/mol. The summed E-state index contributed by atoms with van der Waals surface area (Å²) in [5, 5.41) is 11.0. The SMILES string of the molecule is COc1ccc(CCNC(=O)CCc2nnc(-c3cccc(C)c3)[nH]c2=O)cc1OC. The number of rotatable bonds is 9. The van der Waals surface area contributed by atoms with Gasteiger partial charge in [-0.1, -0.05) is 29.8 Å². The number of carbonyl (C=O) groups excluding carboxylic acids is 1. The number of aryl methyl sites for hydroxylation is 2. The number of hydrogen-bond acceptors (Lipinski definition) is 6. The lowest BCUT2D eigenvalue weighted by Crippen LogP contribution is -2.27. The van der Waals surface area contributed by atoms with Gasteiger partial charge in [-0.2, -0.15) is 0 Å². The minimum atomic E-state index is -0.329. The fourth-order valence-corrected chi connectivity index (χ4v) is 3.15. The molecule has 0 spiro atoms. The normalized spacial score (nSPS) is 10.5. The molecule has 2 N–H and O–H groups in total. The van der Waals surface area contributed by atoms with Crippen LogP contribution < -0.4 is 20.3 Å². The van der Waals surface area contributed by atoms with Gasteiger partial charge in [-0.15, -0.1) is 10.2 Å². The standard InChI is InChI=1S/C23H26N4O4/c1-15-5-4-6-17(13-15)22-25-23(29)18(26-27-22)8-10-21(28)24-12-11-16-7-9-19(30-2)20(14-16)31-3/h4-7,9,13-14H,8,10-12H2,1-3H3,(H,24,28)(H,25,27,29). The minimum absolute atomic E-state index is 0.149. The largest absolute Gasteiger partial charge is 0.493 e. The van der Waals surface area contributed by atoms with Crippen molar-refractivity contribution in [2.45, 2.75) is 26.2 Å². The molecule has 8 heteroatoms. The van der Waals surface area contributed by atoms with Crippen molar-refractivity contribution in [2.75, 3.05) is 20.8 Å². The average molecular weight is 422 g/mol. The fraction of sp³-hybridized carbons (Fsp3) is 0.304. The number of aromatic nitrogens is 3. The molecule has 1 amide bonds. The van der Waals surface area contributed by atoms with Gasteiger partial charge in [-0.3, -0.25) is 9.59 Å². The molecule has 1 heterocycles. The van der Waals surface area contributed by atoms with Crippen molar-refractivity contribution in [1.29, 1.82) is 0 Å². The minimum Gasteiger partial charge on any atom is -0.493 e. The van der Waals surface area contributed by atoms with Gasteiger partial charge in [0.2, 0.25) is 5.91 Å². The number of nitrogens with one attached hydrogen (secondary N) is 2. The molecular formula is C23H26N4O4. The van der Waals surface area contributed by atoms with E-state index in [9.17, 15) is 9.59 Å². The van der Waals surface area contributed by atoms with Gasteiger partial charge in [0.1, 0.15) is 5.69 Å². The summed E-state index contributed by atoms with van der Waals surface area (Å²) in [5.74, 6) is 1.58. The van der Waals surface area contributed by atoms with Crippen LogP contribution in [0.3, 0.4) is 0 Å². The first-order valence-electron chi connectivity index (χ1n) is 10.0. The van der Waals surface area contributed by atoms with Crippen LogP contribution in [0.1, 0.15) is 23.2 Å². The zero-order valence-corrected chi connectivity index (χ0v) is 17.9. The Hall–Kier alpha value is -3.68. The molecule has 0 atom stereocenters. The molecule has 1 aromatic heterocycles. The van der Waals surface area contributed by atoms with Gasteiger partial charge in [0.15, 0.2) is 17.3 Å². The van der Waals surface area contributed by atoms with Crippen LogP contribution in [0.2, 0.25) is 0 Å². The summed E-state index contributed by atoms with van der Waals surface area (Å²) in [5.41, 5.74) is 2.79. The Morgan fingerprint density at radius 1 is 1.03 bits per heavy atom. The summed E-state index contributed by atoms with van der Waals surface area (Å²) in [6.45, 7) is 2.44. The molecule has 0 saturated heterocycles. The van der Waals surface area contributed by atoms with E-state index in [1.54, 1.807) is 14.2 Å². The Bertz CT molecular complexity index is 1110. The van der Waals surface area contributed by atoms with E-state index < -0.39 is 0 Å². The molecule has 0 fully saturated rings. The van der Waals surface area contributed by atoms with Crippen molar-refractivity contribution in [3.8, 4) is 22.9 Å². The van der Waals surface area contributed by atoms with Gasteiger partial charge in [0, 0.05) is 24.9 Å². The Labute approximate surface area is 180 Å². The van der Waals surface area contributed by atoms with Crippen molar-refractivity contribution in [1.82, 2.24) is 20.5 Å². The fourth-order valence-electron chi connectivity index (χ4n) is 3.15. The maximum Gasteiger partial charge on any atom is 0.273 e. The second-order valence-corrected chi connectivity index (χ2v) is 7.11. The topological polar surface area (TPSA) is 106 Å². The van der Waals surface area contributed by atoms with Gasteiger partial charge >= 0.3 is 0 Å². The van der Waals surface area contributed by atoms with Crippen LogP contribution in [0, 0.1) is 6.92 Å². The number of benzene rings is 2. The van der Waals surface area contributed by atoms with E-state index in [0.717, 1.165) is 16.7 Å². The molecule has 0 aliphatic rings. The zero-order chi connectivity index (χ0) is 22.2. The molecule has 0 aliphatic heterocycles. The summed E-state index contributed by atoms with van der Waals surface area (Å²) < 4.78 is 10.5. The Morgan fingerprint density at radius 2 is 1.84 bits per heavy atom. The second-order valence-electron chi connectivity index (χ2n) is 7.11. The lowest BCUT2D eigenvalue weighted by Gasteiger charge is -2.10. The quantitative estimate of drug-likeness (QED) is 0.549. The molecule has 0 radical (unpaired) electrons.